The van der Waals surface area contributed by atoms with Crippen molar-refractivity contribution < 1.29 is 0 Å². The van der Waals surface area contributed by atoms with E-state index >= 15 is 0 Å². The van der Waals surface area contributed by atoms with Gasteiger partial charge in [0.25, 0.3) is 0 Å². The van der Waals surface area contributed by atoms with E-state index in [0.29, 0.717) is 12.0 Å². The smallest absolute Gasteiger partial charge is 0.0440 e. The van der Waals surface area contributed by atoms with Gasteiger partial charge in [-0.1, -0.05) is 45.7 Å². The first-order valence-electron chi connectivity index (χ1n) is 6.90. The van der Waals surface area contributed by atoms with Crippen LogP contribution in [0.2, 0.25) is 5.02 Å². The topological polar surface area (TPSA) is 12.0 Å². The van der Waals surface area contributed by atoms with Crippen LogP contribution in [0.4, 0.5) is 5.69 Å². The monoisotopic (exact) mass is 349 g/mol. The second kappa shape index (κ2) is 5.79. The van der Waals surface area contributed by atoms with E-state index < -0.39 is 0 Å². The molecule has 0 amide bonds. The fraction of sp³-hybridized carbons (Fsp3) is 0.294. The lowest BCUT2D eigenvalue weighted by Crippen LogP contribution is -2.34. The molecule has 2 aromatic rings. The predicted octanol–water partition coefficient (Wildman–Crippen LogP) is 5.77. The molecule has 1 fully saturated rings. The maximum Gasteiger partial charge on any atom is 0.0440 e. The fourth-order valence-corrected chi connectivity index (χ4v) is 3.57. The molecule has 0 heterocycles. The second-order valence-corrected chi connectivity index (χ2v) is 6.81. The Morgan fingerprint density at radius 1 is 1.15 bits per heavy atom. The molecule has 0 radical (unpaired) electrons. The largest absolute Gasteiger partial charge is 0.382 e. The van der Waals surface area contributed by atoms with Crippen LogP contribution in [0.3, 0.4) is 0 Å². The zero-order valence-corrected chi connectivity index (χ0v) is 13.7. The number of anilines is 1. The van der Waals surface area contributed by atoms with Crippen molar-refractivity contribution in [1.29, 1.82) is 0 Å². The number of rotatable bonds is 3. The number of hydrogen-bond acceptors (Lipinski definition) is 1. The van der Waals surface area contributed by atoms with Gasteiger partial charge >= 0.3 is 0 Å². The molecule has 1 aliphatic rings. The van der Waals surface area contributed by atoms with Crippen LogP contribution in [0, 0.1) is 6.92 Å². The van der Waals surface area contributed by atoms with E-state index in [1.54, 1.807) is 0 Å². The van der Waals surface area contributed by atoms with Crippen LogP contribution < -0.4 is 5.32 Å². The molecule has 3 rings (SSSR count). The molecule has 20 heavy (non-hydrogen) atoms. The van der Waals surface area contributed by atoms with Gasteiger partial charge in [0.2, 0.25) is 0 Å². The molecule has 1 saturated carbocycles. The maximum absolute atomic E-state index is 6.26. The highest BCUT2D eigenvalue weighted by Crippen LogP contribution is 2.41. The van der Waals surface area contributed by atoms with Crippen molar-refractivity contribution in [2.45, 2.75) is 31.7 Å². The normalized spacial score (nSPS) is 21.4. The van der Waals surface area contributed by atoms with Crippen LogP contribution in [0.25, 0.3) is 0 Å². The Hall–Kier alpha value is -0.990. The first-order valence-corrected chi connectivity index (χ1v) is 8.07. The van der Waals surface area contributed by atoms with Crippen LogP contribution in [-0.4, -0.2) is 6.04 Å². The molecule has 104 valence electrons. The van der Waals surface area contributed by atoms with E-state index in [-0.39, 0.29) is 0 Å². The Balaban J connectivity index is 1.62. The van der Waals surface area contributed by atoms with Crippen molar-refractivity contribution in [3.8, 4) is 0 Å². The summed E-state index contributed by atoms with van der Waals surface area (Å²) in [6.07, 6.45) is 2.30. The van der Waals surface area contributed by atoms with Gasteiger partial charge in [-0.25, -0.2) is 0 Å². The second-order valence-electron chi connectivity index (χ2n) is 5.49. The average Bonchev–Trinajstić information content (AvgIpc) is 2.37. The SMILES string of the molecule is Cc1cc(Br)ccc1NC1CC(c2ccccc2Cl)C1. The highest BCUT2D eigenvalue weighted by Gasteiger charge is 2.31. The summed E-state index contributed by atoms with van der Waals surface area (Å²) in [5, 5.41) is 4.53. The molecular weight excluding hydrogens is 334 g/mol. The van der Waals surface area contributed by atoms with Crippen molar-refractivity contribution in [1.82, 2.24) is 0 Å². The van der Waals surface area contributed by atoms with E-state index in [1.165, 1.54) is 16.8 Å². The molecule has 0 bridgehead atoms. The first kappa shape index (κ1) is 14.0. The highest BCUT2D eigenvalue weighted by atomic mass is 79.9. The van der Waals surface area contributed by atoms with Crippen molar-refractivity contribution in [2.24, 2.45) is 0 Å². The molecule has 0 atom stereocenters. The van der Waals surface area contributed by atoms with E-state index in [1.807, 2.05) is 12.1 Å². The minimum Gasteiger partial charge on any atom is -0.382 e. The van der Waals surface area contributed by atoms with Gasteiger partial charge in [-0.3, -0.25) is 0 Å². The van der Waals surface area contributed by atoms with Gasteiger partial charge in [0, 0.05) is 21.2 Å². The van der Waals surface area contributed by atoms with Crippen LogP contribution in [0.1, 0.15) is 29.9 Å². The zero-order valence-electron chi connectivity index (χ0n) is 11.4. The molecule has 0 saturated heterocycles. The summed E-state index contributed by atoms with van der Waals surface area (Å²) in [7, 11) is 0. The van der Waals surface area contributed by atoms with Gasteiger partial charge in [0.15, 0.2) is 0 Å². The van der Waals surface area contributed by atoms with Crippen molar-refractivity contribution in [2.75, 3.05) is 5.32 Å². The third kappa shape index (κ3) is 2.87. The summed E-state index contributed by atoms with van der Waals surface area (Å²) in [6, 6.07) is 15.1. The Morgan fingerprint density at radius 2 is 1.90 bits per heavy atom. The number of halogens is 2. The molecule has 3 heteroatoms. The summed E-state index contributed by atoms with van der Waals surface area (Å²) in [5.74, 6) is 0.594. The third-order valence-electron chi connectivity index (χ3n) is 4.03. The quantitative estimate of drug-likeness (QED) is 0.741. The minimum absolute atomic E-state index is 0.552. The Morgan fingerprint density at radius 3 is 2.60 bits per heavy atom. The number of hydrogen-bond donors (Lipinski definition) is 1. The third-order valence-corrected chi connectivity index (χ3v) is 4.87. The average molecular weight is 351 g/mol. The van der Waals surface area contributed by atoms with Gasteiger partial charge in [0.05, 0.1) is 0 Å². The van der Waals surface area contributed by atoms with Gasteiger partial charge in [0.1, 0.15) is 0 Å². The van der Waals surface area contributed by atoms with Crippen LogP contribution in [0.15, 0.2) is 46.9 Å². The lowest BCUT2D eigenvalue weighted by Gasteiger charge is -2.37. The predicted molar refractivity (Wildman–Crippen MR) is 89.7 cm³/mol. The molecule has 0 aliphatic heterocycles. The van der Waals surface area contributed by atoms with Crippen LogP contribution in [-0.2, 0) is 0 Å². The Kier molecular flexibility index (Phi) is 4.04. The molecule has 0 aromatic heterocycles. The molecule has 1 nitrogen and oxygen atoms in total. The summed E-state index contributed by atoms with van der Waals surface area (Å²) < 4.78 is 1.13. The molecule has 1 N–H and O–H groups in total. The van der Waals surface area contributed by atoms with Crippen molar-refractivity contribution in [3.05, 3.63) is 63.1 Å². The van der Waals surface area contributed by atoms with Gasteiger partial charge < -0.3 is 5.32 Å². The van der Waals surface area contributed by atoms with Crippen molar-refractivity contribution in [3.63, 3.8) is 0 Å². The van der Waals surface area contributed by atoms with E-state index in [2.05, 4.69) is 58.5 Å². The van der Waals surface area contributed by atoms with E-state index in [0.717, 1.165) is 22.3 Å². The summed E-state index contributed by atoms with van der Waals surface area (Å²) in [6.45, 7) is 2.14. The molecule has 2 aromatic carbocycles. The summed E-state index contributed by atoms with van der Waals surface area (Å²) in [5.41, 5.74) is 3.80. The van der Waals surface area contributed by atoms with Crippen LogP contribution >= 0.6 is 27.5 Å². The van der Waals surface area contributed by atoms with Crippen LogP contribution in [0.5, 0.6) is 0 Å². The highest BCUT2D eigenvalue weighted by molar-refractivity contribution is 9.10. The number of benzene rings is 2. The Labute approximate surface area is 133 Å². The van der Waals surface area contributed by atoms with Crippen molar-refractivity contribution >= 4 is 33.2 Å². The van der Waals surface area contributed by atoms with Gasteiger partial charge in [-0.15, -0.1) is 0 Å². The number of nitrogens with one attached hydrogen (secondary N) is 1. The number of aryl methyl sites for hydroxylation is 1. The Bertz CT molecular complexity index is 620. The summed E-state index contributed by atoms with van der Waals surface area (Å²) >= 11 is 9.76. The van der Waals surface area contributed by atoms with Gasteiger partial charge in [-0.2, -0.15) is 0 Å². The lowest BCUT2D eigenvalue weighted by molar-refractivity contribution is 0.374. The molecule has 0 spiro atoms. The molecular formula is C17H17BrClN. The minimum atomic E-state index is 0.552. The lowest BCUT2D eigenvalue weighted by atomic mass is 9.75. The van der Waals surface area contributed by atoms with E-state index in [9.17, 15) is 0 Å². The molecule has 1 aliphatic carbocycles. The first-order chi connectivity index (χ1) is 9.63. The maximum atomic E-state index is 6.26. The zero-order chi connectivity index (χ0) is 14.1. The fourth-order valence-electron chi connectivity index (χ4n) is 2.80. The van der Waals surface area contributed by atoms with Gasteiger partial charge in [-0.05, 0) is 61.1 Å². The van der Waals surface area contributed by atoms with E-state index in [4.69, 9.17) is 11.6 Å². The standard InChI is InChI=1S/C17H17BrClN/c1-11-8-13(18)6-7-17(11)20-14-9-12(10-14)15-4-2-3-5-16(15)19/h2-8,12,14,20H,9-10H2,1H3. The summed E-state index contributed by atoms with van der Waals surface area (Å²) in [4.78, 5) is 0. The molecule has 0 unspecified atom stereocenters.